The van der Waals surface area contributed by atoms with Gasteiger partial charge in [0.05, 0.1) is 19.2 Å². The SMILES string of the molecule is O=C1N[C@@H]2c3c(Br)sc(Br)c3C(=O)[C@@H]2N1. The number of rotatable bonds is 0. The van der Waals surface area contributed by atoms with Gasteiger partial charge in [-0.3, -0.25) is 4.79 Å². The van der Waals surface area contributed by atoms with E-state index in [1.54, 1.807) is 0 Å². The van der Waals surface area contributed by atoms with Gasteiger partial charge in [0.2, 0.25) is 0 Å². The summed E-state index contributed by atoms with van der Waals surface area (Å²) in [6.07, 6.45) is 0. The number of amides is 2. The van der Waals surface area contributed by atoms with Crippen LogP contribution < -0.4 is 10.6 Å². The minimum absolute atomic E-state index is 0.0258. The summed E-state index contributed by atoms with van der Waals surface area (Å²) in [5.74, 6) is -0.0258. The number of thiophene rings is 1. The Kier molecular flexibility index (Phi) is 1.99. The Balaban J connectivity index is 2.21. The molecule has 0 bridgehead atoms. The number of urea groups is 1. The van der Waals surface area contributed by atoms with E-state index < -0.39 is 6.04 Å². The van der Waals surface area contributed by atoms with Crippen molar-refractivity contribution < 1.29 is 9.59 Å². The van der Waals surface area contributed by atoms with Gasteiger partial charge in [-0.2, -0.15) is 0 Å². The van der Waals surface area contributed by atoms with Crippen LogP contribution in [0, 0.1) is 0 Å². The molecule has 1 aromatic heterocycles. The zero-order valence-electron chi connectivity index (χ0n) is 7.14. The molecule has 1 aromatic rings. The Hall–Kier alpha value is -0.400. The number of carbonyl (C=O) groups excluding carboxylic acids is 2. The molecular formula is C8H4Br2N2O2S. The zero-order chi connectivity index (χ0) is 10.7. The van der Waals surface area contributed by atoms with Crippen LogP contribution in [0.2, 0.25) is 0 Å². The molecule has 1 fully saturated rings. The molecule has 0 aromatic carbocycles. The van der Waals surface area contributed by atoms with Crippen molar-refractivity contribution in [3.63, 3.8) is 0 Å². The Labute approximate surface area is 106 Å². The maximum Gasteiger partial charge on any atom is 0.316 e. The molecular weight excluding hydrogens is 348 g/mol. The summed E-state index contributed by atoms with van der Waals surface area (Å²) >= 11 is 8.23. The van der Waals surface area contributed by atoms with Gasteiger partial charge < -0.3 is 10.6 Å². The lowest BCUT2D eigenvalue weighted by Gasteiger charge is -2.06. The molecule has 2 amide bonds. The summed E-state index contributed by atoms with van der Waals surface area (Å²) in [6.45, 7) is 0. The number of ketones is 1. The zero-order valence-corrected chi connectivity index (χ0v) is 11.1. The number of hydrogen-bond acceptors (Lipinski definition) is 3. The molecule has 7 heteroatoms. The Morgan fingerprint density at radius 2 is 1.73 bits per heavy atom. The van der Waals surface area contributed by atoms with Crippen LogP contribution in [0.25, 0.3) is 0 Å². The van der Waals surface area contributed by atoms with E-state index in [9.17, 15) is 9.59 Å². The quantitative estimate of drug-likeness (QED) is 0.752. The third-order valence-electron chi connectivity index (χ3n) is 2.60. The van der Waals surface area contributed by atoms with Crippen LogP contribution in [-0.2, 0) is 0 Å². The maximum atomic E-state index is 12.0. The third-order valence-corrected chi connectivity index (χ3v) is 5.18. The topological polar surface area (TPSA) is 58.2 Å². The van der Waals surface area contributed by atoms with E-state index in [1.165, 1.54) is 11.3 Å². The average molecular weight is 352 g/mol. The third kappa shape index (κ3) is 1.17. The van der Waals surface area contributed by atoms with Crippen LogP contribution in [0.15, 0.2) is 7.57 Å². The summed E-state index contributed by atoms with van der Waals surface area (Å²) in [5.41, 5.74) is 1.58. The summed E-state index contributed by atoms with van der Waals surface area (Å²) in [4.78, 5) is 23.1. The average Bonchev–Trinajstić information content (AvgIpc) is 2.71. The predicted molar refractivity (Wildman–Crippen MR) is 62.2 cm³/mol. The van der Waals surface area contributed by atoms with Crippen molar-refractivity contribution in [1.29, 1.82) is 0 Å². The Bertz CT molecular complexity index is 499. The Morgan fingerprint density at radius 3 is 2.47 bits per heavy atom. The molecule has 2 N–H and O–H groups in total. The van der Waals surface area contributed by atoms with Crippen LogP contribution in [0.1, 0.15) is 22.0 Å². The highest BCUT2D eigenvalue weighted by Gasteiger charge is 2.48. The molecule has 0 radical (unpaired) electrons. The van der Waals surface area contributed by atoms with Crippen molar-refractivity contribution in [1.82, 2.24) is 10.6 Å². The van der Waals surface area contributed by atoms with Crippen molar-refractivity contribution in [2.24, 2.45) is 0 Å². The first-order chi connectivity index (χ1) is 7.09. The van der Waals surface area contributed by atoms with E-state index in [-0.39, 0.29) is 17.9 Å². The predicted octanol–water partition coefficient (Wildman–Crippen LogP) is 2.19. The molecule has 4 nitrogen and oxygen atoms in total. The van der Waals surface area contributed by atoms with E-state index >= 15 is 0 Å². The number of hydrogen-bond donors (Lipinski definition) is 2. The monoisotopic (exact) mass is 350 g/mol. The standard InChI is InChI=1S/C8H4Br2N2O2S/c9-6-1-2(7(10)15-6)5(13)4-3(1)11-8(14)12-4/h3-4H,(H2,11,12,14)/t3-,4-/m1/s1. The second-order valence-corrected chi connectivity index (χ2v) is 7.03. The summed E-state index contributed by atoms with van der Waals surface area (Å²) in [5, 5.41) is 5.36. The van der Waals surface area contributed by atoms with Gasteiger partial charge in [0.1, 0.15) is 6.04 Å². The van der Waals surface area contributed by atoms with Crippen molar-refractivity contribution >= 4 is 55.0 Å². The van der Waals surface area contributed by atoms with Gasteiger partial charge in [0.25, 0.3) is 0 Å². The van der Waals surface area contributed by atoms with Gasteiger partial charge >= 0.3 is 6.03 Å². The highest BCUT2D eigenvalue weighted by atomic mass is 79.9. The van der Waals surface area contributed by atoms with Gasteiger partial charge in [-0.1, -0.05) is 0 Å². The normalized spacial score (nSPS) is 27.3. The van der Waals surface area contributed by atoms with E-state index in [1.807, 2.05) is 0 Å². The van der Waals surface area contributed by atoms with Crippen LogP contribution >= 0.6 is 43.2 Å². The molecule has 0 unspecified atom stereocenters. The molecule has 1 saturated heterocycles. The molecule has 78 valence electrons. The van der Waals surface area contributed by atoms with Crippen molar-refractivity contribution in [2.75, 3.05) is 0 Å². The van der Waals surface area contributed by atoms with Crippen molar-refractivity contribution in [3.8, 4) is 0 Å². The highest BCUT2D eigenvalue weighted by Crippen LogP contribution is 2.47. The summed E-state index contributed by atoms with van der Waals surface area (Å²) in [7, 11) is 0. The van der Waals surface area contributed by atoms with Gasteiger partial charge in [-0.15, -0.1) is 11.3 Å². The lowest BCUT2D eigenvalue weighted by Crippen LogP contribution is -2.31. The molecule has 1 aliphatic carbocycles. The first-order valence-corrected chi connectivity index (χ1v) is 6.58. The fourth-order valence-corrected chi connectivity index (χ4v) is 5.28. The Morgan fingerprint density at radius 1 is 1.07 bits per heavy atom. The van der Waals surface area contributed by atoms with Gasteiger partial charge in [0, 0.05) is 5.56 Å². The van der Waals surface area contributed by atoms with Crippen LogP contribution in [-0.4, -0.2) is 17.9 Å². The molecule has 2 aliphatic rings. The number of carbonyl (C=O) groups is 2. The number of Topliss-reactive ketones (excluding diaryl/α,β-unsaturated/α-hetero) is 1. The molecule has 3 rings (SSSR count). The fraction of sp³-hybridized carbons (Fsp3) is 0.250. The van der Waals surface area contributed by atoms with Gasteiger partial charge in [0.15, 0.2) is 5.78 Å². The maximum absolute atomic E-state index is 12.0. The van der Waals surface area contributed by atoms with E-state index in [0.29, 0.717) is 5.56 Å². The first-order valence-electron chi connectivity index (χ1n) is 4.18. The van der Waals surface area contributed by atoms with Crippen LogP contribution in [0.4, 0.5) is 4.79 Å². The van der Waals surface area contributed by atoms with E-state index in [0.717, 1.165) is 13.1 Å². The minimum Gasteiger partial charge on any atom is -0.329 e. The number of nitrogens with one attached hydrogen (secondary N) is 2. The molecule has 15 heavy (non-hydrogen) atoms. The summed E-state index contributed by atoms with van der Waals surface area (Å²) < 4.78 is 1.72. The first kappa shape index (κ1) is 9.80. The van der Waals surface area contributed by atoms with Crippen LogP contribution in [0.3, 0.4) is 0 Å². The largest absolute Gasteiger partial charge is 0.329 e. The van der Waals surface area contributed by atoms with Crippen molar-refractivity contribution in [2.45, 2.75) is 12.1 Å². The lowest BCUT2D eigenvalue weighted by atomic mass is 10.1. The highest BCUT2D eigenvalue weighted by molar-refractivity contribution is 9.12. The number of fused-ring (bicyclic) bond motifs is 3. The molecule has 1 aliphatic heterocycles. The molecule has 2 heterocycles. The molecule has 2 atom stereocenters. The van der Waals surface area contributed by atoms with Gasteiger partial charge in [-0.25, -0.2) is 4.79 Å². The van der Waals surface area contributed by atoms with E-state index in [4.69, 9.17) is 0 Å². The minimum atomic E-state index is -0.441. The second-order valence-electron chi connectivity index (χ2n) is 3.38. The summed E-state index contributed by atoms with van der Waals surface area (Å²) in [6, 6.07) is -0.946. The van der Waals surface area contributed by atoms with Gasteiger partial charge in [-0.05, 0) is 31.9 Å². The van der Waals surface area contributed by atoms with Crippen molar-refractivity contribution in [3.05, 3.63) is 18.7 Å². The second kappa shape index (κ2) is 3.05. The van der Waals surface area contributed by atoms with Crippen LogP contribution in [0.5, 0.6) is 0 Å². The molecule has 0 spiro atoms. The smallest absolute Gasteiger partial charge is 0.316 e. The lowest BCUT2D eigenvalue weighted by molar-refractivity contribution is 0.0961. The fourth-order valence-electron chi connectivity index (χ4n) is 2.00. The van der Waals surface area contributed by atoms with E-state index in [2.05, 4.69) is 42.5 Å². The number of halogens is 2. The molecule has 0 saturated carbocycles.